The lowest BCUT2D eigenvalue weighted by Gasteiger charge is -2.35. The summed E-state index contributed by atoms with van der Waals surface area (Å²) < 4.78 is 0. The van der Waals surface area contributed by atoms with E-state index in [4.69, 9.17) is 5.11 Å². The molecule has 0 aliphatic carbocycles. The zero-order chi connectivity index (χ0) is 9.68. The summed E-state index contributed by atoms with van der Waals surface area (Å²) in [6.07, 6.45) is 3.72. The average Bonchev–Trinajstić information content (AvgIpc) is 2.15. The number of aliphatic hydroxyl groups is 1. The molecule has 0 aromatic rings. The maximum atomic E-state index is 8.63. The summed E-state index contributed by atoms with van der Waals surface area (Å²) in [6, 6.07) is 0.944. The Morgan fingerprint density at radius 3 is 2.85 bits per heavy atom. The molecule has 1 N–H and O–H groups in total. The topological polar surface area (TPSA) is 23.5 Å². The number of rotatable bonds is 1. The van der Waals surface area contributed by atoms with Gasteiger partial charge in [0.1, 0.15) is 6.61 Å². The summed E-state index contributed by atoms with van der Waals surface area (Å²) in [5.74, 6) is 5.90. The first-order valence-corrected chi connectivity index (χ1v) is 5.10. The highest BCUT2D eigenvalue weighted by Gasteiger charge is 2.22. The van der Waals surface area contributed by atoms with E-state index in [-0.39, 0.29) is 6.61 Å². The molecule has 0 bridgehead atoms. The standard InChI is InChI=1S/C11H19NO/c1-10(2)12-8-4-3-6-11(12)7-5-9-13/h10-11,13H,3-4,6,8-9H2,1-2H3. The van der Waals surface area contributed by atoms with E-state index < -0.39 is 0 Å². The Balaban J connectivity index is 2.56. The van der Waals surface area contributed by atoms with Crippen LogP contribution >= 0.6 is 0 Å². The highest BCUT2D eigenvalue weighted by atomic mass is 16.2. The van der Waals surface area contributed by atoms with Crippen LogP contribution in [0, 0.1) is 11.8 Å². The minimum absolute atomic E-state index is 0.0115. The van der Waals surface area contributed by atoms with E-state index >= 15 is 0 Å². The Morgan fingerprint density at radius 2 is 2.23 bits per heavy atom. The zero-order valence-corrected chi connectivity index (χ0v) is 8.58. The Kier molecular flexibility index (Phi) is 4.27. The van der Waals surface area contributed by atoms with Gasteiger partial charge in [0.05, 0.1) is 6.04 Å². The number of piperidine rings is 1. The number of hydrogen-bond acceptors (Lipinski definition) is 2. The molecule has 1 saturated heterocycles. The van der Waals surface area contributed by atoms with Gasteiger partial charge in [-0.25, -0.2) is 0 Å². The van der Waals surface area contributed by atoms with Gasteiger partial charge in [0.2, 0.25) is 0 Å². The predicted octanol–water partition coefficient (Wildman–Crippen LogP) is 1.25. The molecule has 0 saturated carbocycles. The molecule has 0 aromatic carbocycles. The summed E-state index contributed by atoms with van der Waals surface area (Å²) in [6.45, 7) is 5.56. The molecule has 0 spiro atoms. The summed E-state index contributed by atoms with van der Waals surface area (Å²) in [5.41, 5.74) is 0. The molecule has 1 fully saturated rings. The largest absolute Gasteiger partial charge is 0.384 e. The summed E-state index contributed by atoms with van der Waals surface area (Å²) >= 11 is 0. The minimum atomic E-state index is -0.0115. The monoisotopic (exact) mass is 181 g/mol. The van der Waals surface area contributed by atoms with Crippen molar-refractivity contribution >= 4 is 0 Å². The lowest BCUT2D eigenvalue weighted by Crippen LogP contribution is -2.43. The molecular weight excluding hydrogens is 162 g/mol. The fourth-order valence-electron chi connectivity index (χ4n) is 1.89. The van der Waals surface area contributed by atoms with E-state index in [1.807, 2.05) is 0 Å². The summed E-state index contributed by atoms with van der Waals surface area (Å²) in [5, 5.41) is 8.63. The van der Waals surface area contributed by atoms with Gasteiger partial charge in [0.15, 0.2) is 0 Å². The summed E-state index contributed by atoms with van der Waals surface area (Å²) in [7, 11) is 0. The number of aliphatic hydroxyl groups excluding tert-OH is 1. The van der Waals surface area contributed by atoms with E-state index in [9.17, 15) is 0 Å². The van der Waals surface area contributed by atoms with Gasteiger partial charge in [0, 0.05) is 6.04 Å². The van der Waals surface area contributed by atoms with Crippen LogP contribution in [0.15, 0.2) is 0 Å². The van der Waals surface area contributed by atoms with Crippen molar-refractivity contribution in [1.82, 2.24) is 4.90 Å². The van der Waals surface area contributed by atoms with Gasteiger partial charge >= 0.3 is 0 Å². The van der Waals surface area contributed by atoms with Gasteiger partial charge in [-0.15, -0.1) is 0 Å². The van der Waals surface area contributed by atoms with Gasteiger partial charge in [-0.1, -0.05) is 11.8 Å². The highest BCUT2D eigenvalue weighted by molar-refractivity contribution is 5.09. The Morgan fingerprint density at radius 1 is 1.46 bits per heavy atom. The van der Waals surface area contributed by atoms with Gasteiger partial charge in [-0.3, -0.25) is 4.90 Å². The van der Waals surface area contributed by atoms with E-state index in [2.05, 4.69) is 30.6 Å². The molecule has 0 amide bonds. The molecule has 2 heteroatoms. The third kappa shape index (κ3) is 3.02. The SMILES string of the molecule is CC(C)N1CCCCC1C#CCO. The predicted molar refractivity (Wildman–Crippen MR) is 54.3 cm³/mol. The first kappa shape index (κ1) is 10.6. The molecule has 74 valence electrons. The number of hydrogen-bond donors (Lipinski definition) is 1. The first-order chi connectivity index (χ1) is 6.25. The Labute approximate surface area is 80.9 Å². The molecule has 1 aliphatic heterocycles. The van der Waals surface area contributed by atoms with Crippen molar-refractivity contribution in [3.8, 4) is 11.8 Å². The van der Waals surface area contributed by atoms with Crippen LogP contribution in [0.2, 0.25) is 0 Å². The van der Waals surface area contributed by atoms with Crippen molar-refractivity contribution < 1.29 is 5.11 Å². The fraction of sp³-hybridized carbons (Fsp3) is 0.818. The maximum absolute atomic E-state index is 8.63. The maximum Gasteiger partial charge on any atom is 0.104 e. The smallest absolute Gasteiger partial charge is 0.104 e. The lowest BCUT2D eigenvalue weighted by atomic mass is 10.0. The molecule has 1 aliphatic rings. The normalized spacial score (nSPS) is 24.2. The molecule has 1 heterocycles. The highest BCUT2D eigenvalue weighted by Crippen LogP contribution is 2.18. The molecule has 13 heavy (non-hydrogen) atoms. The molecule has 1 rings (SSSR count). The van der Waals surface area contributed by atoms with Gasteiger partial charge in [-0.05, 0) is 39.7 Å². The number of nitrogens with zero attached hydrogens (tertiary/aromatic N) is 1. The molecule has 2 nitrogen and oxygen atoms in total. The third-order valence-electron chi connectivity index (χ3n) is 2.56. The number of likely N-dealkylation sites (tertiary alicyclic amines) is 1. The fourth-order valence-corrected chi connectivity index (χ4v) is 1.89. The van der Waals surface area contributed by atoms with Crippen molar-refractivity contribution in [3.05, 3.63) is 0 Å². The van der Waals surface area contributed by atoms with Crippen molar-refractivity contribution in [2.45, 2.75) is 45.2 Å². The van der Waals surface area contributed by atoms with Crippen LogP contribution in [0.3, 0.4) is 0 Å². The van der Waals surface area contributed by atoms with Crippen LogP contribution in [0.1, 0.15) is 33.1 Å². The van der Waals surface area contributed by atoms with Crippen molar-refractivity contribution in [3.63, 3.8) is 0 Å². The molecule has 0 aromatic heterocycles. The van der Waals surface area contributed by atoms with Crippen molar-refractivity contribution in [2.75, 3.05) is 13.2 Å². The Hall–Kier alpha value is -0.520. The molecular formula is C11H19NO. The van der Waals surface area contributed by atoms with E-state index in [1.54, 1.807) is 0 Å². The van der Waals surface area contributed by atoms with E-state index in [0.29, 0.717) is 12.1 Å². The lowest BCUT2D eigenvalue weighted by molar-refractivity contribution is 0.146. The average molecular weight is 181 g/mol. The van der Waals surface area contributed by atoms with Crippen LogP contribution < -0.4 is 0 Å². The van der Waals surface area contributed by atoms with Gasteiger partial charge in [0.25, 0.3) is 0 Å². The van der Waals surface area contributed by atoms with Crippen molar-refractivity contribution in [1.29, 1.82) is 0 Å². The molecule has 1 unspecified atom stereocenters. The molecule has 0 radical (unpaired) electrons. The van der Waals surface area contributed by atoms with Gasteiger partial charge < -0.3 is 5.11 Å². The second-order valence-electron chi connectivity index (χ2n) is 3.82. The third-order valence-corrected chi connectivity index (χ3v) is 2.56. The second-order valence-corrected chi connectivity index (χ2v) is 3.82. The van der Waals surface area contributed by atoms with Crippen LogP contribution in [-0.4, -0.2) is 35.2 Å². The first-order valence-electron chi connectivity index (χ1n) is 5.10. The minimum Gasteiger partial charge on any atom is -0.384 e. The molecule has 1 atom stereocenters. The Bertz CT molecular complexity index is 202. The zero-order valence-electron chi connectivity index (χ0n) is 8.58. The summed E-state index contributed by atoms with van der Waals surface area (Å²) in [4.78, 5) is 2.42. The van der Waals surface area contributed by atoms with Crippen LogP contribution in [-0.2, 0) is 0 Å². The quantitative estimate of drug-likeness (QED) is 0.615. The van der Waals surface area contributed by atoms with E-state index in [1.165, 1.54) is 12.8 Å². The van der Waals surface area contributed by atoms with Crippen LogP contribution in [0.5, 0.6) is 0 Å². The van der Waals surface area contributed by atoms with Crippen LogP contribution in [0.25, 0.3) is 0 Å². The van der Waals surface area contributed by atoms with Gasteiger partial charge in [-0.2, -0.15) is 0 Å². The van der Waals surface area contributed by atoms with E-state index in [0.717, 1.165) is 13.0 Å². The van der Waals surface area contributed by atoms with Crippen LogP contribution in [0.4, 0.5) is 0 Å². The second kappa shape index (κ2) is 5.26. The van der Waals surface area contributed by atoms with Crippen molar-refractivity contribution in [2.24, 2.45) is 0 Å².